The van der Waals surface area contributed by atoms with Crippen molar-refractivity contribution in [2.75, 3.05) is 6.54 Å². The Morgan fingerprint density at radius 3 is 2.28 bits per heavy atom. The SMILES string of the molecule is CCNC(C1CCCCC1)C1CCCC(CC)C1. The summed E-state index contributed by atoms with van der Waals surface area (Å²) >= 11 is 0. The van der Waals surface area contributed by atoms with E-state index >= 15 is 0 Å². The Morgan fingerprint density at radius 2 is 1.61 bits per heavy atom. The molecule has 0 spiro atoms. The van der Waals surface area contributed by atoms with E-state index in [0.29, 0.717) is 0 Å². The molecule has 0 bridgehead atoms. The van der Waals surface area contributed by atoms with Crippen LogP contribution in [0.4, 0.5) is 0 Å². The first-order chi connectivity index (χ1) is 8.85. The molecule has 2 aliphatic rings. The third-order valence-electron chi connectivity index (χ3n) is 5.51. The van der Waals surface area contributed by atoms with Gasteiger partial charge in [0.05, 0.1) is 0 Å². The highest BCUT2D eigenvalue weighted by molar-refractivity contribution is 4.88. The molecule has 0 heterocycles. The van der Waals surface area contributed by atoms with Crippen molar-refractivity contribution in [3.63, 3.8) is 0 Å². The van der Waals surface area contributed by atoms with Gasteiger partial charge < -0.3 is 5.32 Å². The van der Waals surface area contributed by atoms with E-state index < -0.39 is 0 Å². The zero-order valence-corrected chi connectivity index (χ0v) is 12.6. The summed E-state index contributed by atoms with van der Waals surface area (Å²) < 4.78 is 0. The van der Waals surface area contributed by atoms with E-state index in [1.807, 2.05) is 0 Å². The van der Waals surface area contributed by atoms with Crippen molar-refractivity contribution in [3.05, 3.63) is 0 Å². The van der Waals surface area contributed by atoms with Crippen molar-refractivity contribution < 1.29 is 0 Å². The molecular formula is C17H33N. The minimum Gasteiger partial charge on any atom is -0.314 e. The van der Waals surface area contributed by atoms with Gasteiger partial charge in [0.1, 0.15) is 0 Å². The standard InChI is InChI=1S/C17H33N/c1-3-14-9-8-12-16(13-14)17(18-4-2)15-10-6-5-7-11-15/h14-18H,3-13H2,1-2H3. The van der Waals surface area contributed by atoms with Crippen LogP contribution in [0.5, 0.6) is 0 Å². The molecule has 3 unspecified atom stereocenters. The van der Waals surface area contributed by atoms with Gasteiger partial charge in [-0.1, -0.05) is 52.4 Å². The van der Waals surface area contributed by atoms with Crippen molar-refractivity contribution in [1.82, 2.24) is 5.32 Å². The van der Waals surface area contributed by atoms with Crippen LogP contribution in [0.25, 0.3) is 0 Å². The number of nitrogens with one attached hydrogen (secondary N) is 1. The second-order valence-electron chi connectivity index (χ2n) is 6.68. The summed E-state index contributed by atoms with van der Waals surface area (Å²) in [6.07, 6.45) is 14.8. The smallest absolute Gasteiger partial charge is 0.0124 e. The molecule has 0 saturated heterocycles. The minimum atomic E-state index is 0.838. The highest BCUT2D eigenvalue weighted by Gasteiger charge is 2.32. The zero-order valence-electron chi connectivity index (χ0n) is 12.6. The van der Waals surface area contributed by atoms with Crippen LogP contribution in [0, 0.1) is 17.8 Å². The average molecular weight is 251 g/mol. The molecule has 0 aromatic carbocycles. The Kier molecular flexibility index (Phi) is 6.01. The van der Waals surface area contributed by atoms with E-state index in [4.69, 9.17) is 0 Å². The molecule has 2 rings (SSSR count). The first-order valence-electron chi connectivity index (χ1n) is 8.58. The fourth-order valence-electron chi connectivity index (χ4n) is 4.48. The molecule has 2 saturated carbocycles. The molecule has 3 atom stereocenters. The van der Waals surface area contributed by atoms with Crippen LogP contribution in [0.15, 0.2) is 0 Å². The van der Waals surface area contributed by atoms with Gasteiger partial charge in [0.15, 0.2) is 0 Å². The highest BCUT2D eigenvalue weighted by Crippen LogP contribution is 2.38. The van der Waals surface area contributed by atoms with Gasteiger partial charge in [-0.3, -0.25) is 0 Å². The summed E-state index contributed by atoms with van der Waals surface area (Å²) in [6, 6.07) is 0.838. The minimum absolute atomic E-state index is 0.838. The third-order valence-corrected chi connectivity index (χ3v) is 5.51. The second kappa shape index (κ2) is 7.53. The molecule has 2 fully saturated rings. The molecule has 1 nitrogen and oxygen atoms in total. The fourth-order valence-corrected chi connectivity index (χ4v) is 4.48. The van der Waals surface area contributed by atoms with Crippen molar-refractivity contribution in [2.24, 2.45) is 17.8 Å². The van der Waals surface area contributed by atoms with Crippen LogP contribution in [0.2, 0.25) is 0 Å². The Bertz CT molecular complexity index is 220. The zero-order chi connectivity index (χ0) is 12.8. The predicted molar refractivity (Wildman–Crippen MR) is 79.8 cm³/mol. The Balaban J connectivity index is 1.94. The maximum Gasteiger partial charge on any atom is 0.0124 e. The monoisotopic (exact) mass is 251 g/mol. The largest absolute Gasteiger partial charge is 0.314 e. The van der Waals surface area contributed by atoms with Gasteiger partial charge >= 0.3 is 0 Å². The van der Waals surface area contributed by atoms with Crippen LogP contribution < -0.4 is 5.32 Å². The van der Waals surface area contributed by atoms with Crippen molar-refractivity contribution in [3.8, 4) is 0 Å². The summed E-state index contributed by atoms with van der Waals surface area (Å²) in [5.74, 6) is 2.99. The van der Waals surface area contributed by atoms with Crippen molar-refractivity contribution >= 4 is 0 Å². The second-order valence-corrected chi connectivity index (χ2v) is 6.68. The Labute approximate surface area is 114 Å². The third kappa shape index (κ3) is 3.73. The quantitative estimate of drug-likeness (QED) is 0.743. The molecular weight excluding hydrogens is 218 g/mol. The molecule has 0 aliphatic heterocycles. The van der Waals surface area contributed by atoms with E-state index in [1.165, 1.54) is 64.2 Å². The van der Waals surface area contributed by atoms with Gasteiger partial charge in [0.25, 0.3) is 0 Å². The molecule has 0 aromatic rings. The average Bonchev–Trinajstić information content (AvgIpc) is 2.46. The number of rotatable bonds is 5. The first-order valence-corrected chi connectivity index (χ1v) is 8.58. The van der Waals surface area contributed by atoms with Gasteiger partial charge in [-0.25, -0.2) is 0 Å². The van der Waals surface area contributed by atoms with E-state index in [-0.39, 0.29) is 0 Å². The lowest BCUT2D eigenvalue weighted by molar-refractivity contribution is 0.146. The summed E-state index contributed by atoms with van der Waals surface area (Å²) in [6.45, 7) is 5.83. The van der Waals surface area contributed by atoms with Crippen LogP contribution in [-0.2, 0) is 0 Å². The van der Waals surface area contributed by atoms with Crippen LogP contribution in [-0.4, -0.2) is 12.6 Å². The lowest BCUT2D eigenvalue weighted by Crippen LogP contribution is -2.44. The Morgan fingerprint density at radius 1 is 0.889 bits per heavy atom. The fraction of sp³-hybridized carbons (Fsp3) is 1.00. The van der Waals surface area contributed by atoms with Gasteiger partial charge in [-0.15, -0.1) is 0 Å². The molecule has 2 aliphatic carbocycles. The topological polar surface area (TPSA) is 12.0 Å². The Hall–Kier alpha value is -0.0400. The maximum absolute atomic E-state index is 3.87. The van der Waals surface area contributed by atoms with E-state index in [1.54, 1.807) is 0 Å². The lowest BCUT2D eigenvalue weighted by atomic mass is 9.70. The summed E-state index contributed by atoms with van der Waals surface area (Å²) in [5.41, 5.74) is 0. The van der Waals surface area contributed by atoms with Crippen LogP contribution in [0.1, 0.15) is 78.1 Å². The normalized spacial score (nSPS) is 32.3. The summed E-state index contributed by atoms with van der Waals surface area (Å²) in [5, 5.41) is 3.87. The molecule has 0 amide bonds. The molecule has 0 radical (unpaired) electrons. The van der Waals surface area contributed by atoms with E-state index in [2.05, 4.69) is 19.2 Å². The lowest BCUT2D eigenvalue weighted by Gasteiger charge is -2.40. The predicted octanol–water partition coefficient (Wildman–Crippen LogP) is 4.76. The first kappa shape index (κ1) is 14.4. The van der Waals surface area contributed by atoms with Crippen LogP contribution >= 0.6 is 0 Å². The van der Waals surface area contributed by atoms with E-state index in [9.17, 15) is 0 Å². The van der Waals surface area contributed by atoms with Gasteiger partial charge in [-0.05, 0) is 50.0 Å². The molecule has 0 aromatic heterocycles. The maximum atomic E-state index is 3.87. The molecule has 18 heavy (non-hydrogen) atoms. The summed E-state index contributed by atoms with van der Waals surface area (Å²) in [4.78, 5) is 0. The van der Waals surface area contributed by atoms with Gasteiger partial charge in [-0.2, -0.15) is 0 Å². The highest BCUT2D eigenvalue weighted by atomic mass is 14.9. The van der Waals surface area contributed by atoms with Crippen LogP contribution in [0.3, 0.4) is 0 Å². The number of hydrogen-bond donors (Lipinski definition) is 1. The molecule has 1 heteroatoms. The van der Waals surface area contributed by atoms with Gasteiger partial charge in [0, 0.05) is 6.04 Å². The van der Waals surface area contributed by atoms with Gasteiger partial charge in [0.2, 0.25) is 0 Å². The van der Waals surface area contributed by atoms with Crippen molar-refractivity contribution in [2.45, 2.75) is 84.1 Å². The van der Waals surface area contributed by atoms with Crippen molar-refractivity contribution in [1.29, 1.82) is 0 Å². The number of hydrogen-bond acceptors (Lipinski definition) is 1. The van der Waals surface area contributed by atoms with E-state index in [0.717, 1.165) is 30.3 Å². The molecule has 106 valence electrons. The summed E-state index contributed by atoms with van der Waals surface area (Å²) in [7, 11) is 0. The molecule has 1 N–H and O–H groups in total.